The number of aliphatic hydroxyl groups is 4. The standard InChI is InChI=1S/C10H17NO6/c1-2-3-6(13)11-7-9(15)8(14)5(4-12)17-10(7)16/h2-3,5,7-10,12,14-16H,4H2,1H3,(H,11,13)/t5-,7-,8-,9-,10?/m1/s1. The number of rotatable bonds is 3. The first kappa shape index (κ1) is 14.1. The Morgan fingerprint density at radius 2 is 2.00 bits per heavy atom. The van der Waals surface area contributed by atoms with Crippen LogP contribution in [0.1, 0.15) is 6.92 Å². The van der Waals surface area contributed by atoms with Gasteiger partial charge in [-0.1, -0.05) is 6.08 Å². The normalized spacial score (nSPS) is 38.3. The van der Waals surface area contributed by atoms with E-state index in [1.54, 1.807) is 6.92 Å². The van der Waals surface area contributed by atoms with Crippen LogP contribution in [0.4, 0.5) is 0 Å². The molecular formula is C10H17NO6. The third kappa shape index (κ3) is 3.24. The highest BCUT2D eigenvalue weighted by Crippen LogP contribution is 2.19. The quantitative estimate of drug-likeness (QED) is 0.351. The molecule has 0 aromatic carbocycles. The van der Waals surface area contributed by atoms with Gasteiger partial charge < -0.3 is 30.5 Å². The summed E-state index contributed by atoms with van der Waals surface area (Å²) in [5.74, 6) is -0.520. The molecule has 0 spiro atoms. The molecule has 98 valence electrons. The SMILES string of the molecule is CC=CC(=O)N[C@H]1C(O)O[C@H](CO)[C@@H](O)[C@@H]1O. The number of aliphatic hydroxyl groups excluding tert-OH is 4. The highest BCUT2D eigenvalue weighted by Gasteiger charge is 2.43. The zero-order chi connectivity index (χ0) is 13.0. The number of carbonyl (C=O) groups excluding carboxylic acids is 1. The van der Waals surface area contributed by atoms with Crippen LogP contribution in [0, 0.1) is 0 Å². The van der Waals surface area contributed by atoms with Crippen LogP contribution in [0.25, 0.3) is 0 Å². The summed E-state index contributed by atoms with van der Waals surface area (Å²) >= 11 is 0. The van der Waals surface area contributed by atoms with E-state index in [1.807, 2.05) is 0 Å². The molecule has 0 aliphatic carbocycles. The summed E-state index contributed by atoms with van der Waals surface area (Å²) in [6.45, 7) is 1.10. The van der Waals surface area contributed by atoms with E-state index in [-0.39, 0.29) is 0 Å². The first-order chi connectivity index (χ1) is 8.01. The molecule has 1 aliphatic rings. The second kappa shape index (κ2) is 6.08. The zero-order valence-electron chi connectivity index (χ0n) is 9.35. The fourth-order valence-electron chi connectivity index (χ4n) is 1.62. The Kier molecular flexibility index (Phi) is 5.03. The maximum atomic E-state index is 11.3. The molecule has 1 saturated heterocycles. The Labute approximate surface area is 98.3 Å². The van der Waals surface area contributed by atoms with Gasteiger partial charge in [0.2, 0.25) is 5.91 Å². The zero-order valence-corrected chi connectivity index (χ0v) is 9.35. The van der Waals surface area contributed by atoms with Gasteiger partial charge in [0, 0.05) is 0 Å². The summed E-state index contributed by atoms with van der Waals surface area (Å²) in [7, 11) is 0. The van der Waals surface area contributed by atoms with Crippen molar-refractivity contribution >= 4 is 5.91 Å². The molecule has 1 fully saturated rings. The van der Waals surface area contributed by atoms with Crippen molar-refractivity contribution < 1.29 is 30.0 Å². The van der Waals surface area contributed by atoms with Gasteiger partial charge in [-0.3, -0.25) is 4.79 Å². The topological polar surface area (TPSA) is 119 Å². The van der Waals surface area contributed by atoms with Crippen molar-refractivity contribution in [2.24, 2.45) is 0 Å². The molecule has 1 heterocycles. The number of hydrogen-bond donors (Lipinski definition) is 5. The van der Waals surface area contributed by atoms with Crippen molar-refractivity contribution in [1.82, 2.24) is 5.32 Å². The van der Waals surface area contributed by atoms with Gasteiger partial charge in [0.25, 0.3) is 0 Å². The molecule has 7 nitrogen and oxygen atoms in total. The van der Waals surface area contributed by atoms with Gasteiger partial charge in [-0.15, -0.1) is 0 Å². The minimum absolute atomic E-state index is 0.520. The smallest absolute Gasteiger partial charge is 0.244 e. The maximum Gasteiger partial charge on any atom is 0.244 e. The first-order valence-corrected chi connectivity index (χ1v) is 5.25. The highest BCUT2D eigenvalue weighted by atomic mass is 16.6. The summed E-state index contributed by atoms with van der Waals surface area (Å²) in [5, 5.41) is 39.9. The van der Waals surface area contributed by atoms with Gasteiger partial charge in [0.05, 0.1) is 6.61 Å². The molecule has 1 rings (SSSR count). The van der Waals surface area contributed by atoms with Gasteiger partial charge in [-0.05, 0) is 13.0 Å². The summed E-state index contributed by atoms with van der Waals surface area (Å²) in [4.78, 5) is 11.3. The van der Waals surface area contributed by atoms with Crippen molar-refractivity contribution in [3.05, 3.63) is 12.2 Å². The molecule has 0 aromatic heterocycles. The summed E-state index contributed by atoms with van der Waals surface area (Å²) in [6, 6.07) is -1.14. The molecule has 1 unspecified atom stereocenters. The Morgan fingerprint density at radius 3 is 2.53 bits per heavy atom. The third-order valence-electron chi connectivity index (χ3n) is 2.53. The predicted octanol–water partition coefficient (Wildman–Crippen LogP) is -2.52. The Balaban J connectivity index is 2.69. The second-order valence-corrected chi connectivity index (χ2v) is 3.76. The van der Waals surface area contributed by atoms with E-state index >= 15 is 0 Å². The lowest BCUT2D eigenvalue weighted by Crippen LogP contribution is -2.64. The Hall–Kier alpha value is -0.990. The molecule has 1 amide bonds. The molecule has 0 aromatic rings. The molecule has 0 saturated carbocycles. The third-order valence-corrected chi connectivity index (χ3v) is 2.53. The van der Waals surface area contributed by atoms with Crippen LogP contribution in [0.2, 0.25) is 0 Å². The van der Waals surface area contributed by atoms with Crippen LogP contribution in [0.15, 0.2) is 12.2 Å². The van der Waals surface area contributed by atoms with E-state index in [4.69, 9.17) is 9.84 Å². The Bertz CT molecular complexity index is 295. The molecular weight excluding hydrogens is 230 g/mol. The molecule has 5 N–H and O–H groups in total. The Morgan fingerprint density at radius 1 is 1.35 bits per heavy atom. The number of carbonyl (C=O) groups is 1. The lowest BCUT2D eigenvalue weighted by atomic mass is 9.97. The average molecular weight is 247 g/mol. The molecule has 1 aliphatic heterocycles. The number of allylic oxidation sites excluding steroid dienone is 1. The van der Waals surface area contributed by atoms with Crippen LogP contribution < -0.4 is 5.32 Å². The van der Waals surface area contributed by atoms with Crippen molar-refractivity contribution in [1.29, 1.82) is 0 Å². The second-order valence-electron chi connectivity index (χ2n) is 3.76. The fraction of sp³-hybridized carbons (Fsp3) is 0.700. The van der Waals surface area contributed by atoms with Crippen LogP contribution in [0.5, 0.6) is 0 Å². The minimum Gasteiger partial charge on any atom is -0.394 e. The van der Waals surface area contributed by atoms with Crippen LogP contribution in [-0.2, 0) is 9.53 Å². The number of nitrogens with one attached hydrogen (secondary N) is 1. The van der Waals surface area contributed by atoms with Gasteiger partial charge in [0.15, 0.2) is 6.29 Å². The predicted molar refractivity (Wildman–Crippen MR) is 56.7 cm³/mol. The van der Waals surface area contributed by atoms with Gasteiger partial charge in [-0.2, -0.15) is 0 Å². The fourth-order valence-corrected chi connectivity index (χ4v) is 1.62. The van der Waals surface area contributed by atoms with Crippen molar-refractivity contribution in [3.8, 4) is 0 Å². The molecule has 5 atom stereocenters. The van der Waals surface area contributed by atoms with E-state index < -0.39 is 43.2 Å². The van der Waals surface area contributed by atoms with Gasteiger partial charge in [-0.25, -0.2) is 0 Å². The van der Waals surface area contributed by atoms with Crippen LogP contribution in [0.3, 0.4) is 0 Å². The average Bonchev–Trinajstić information content (AvgIpc) is 2.29. The molecule has 17 heavy (non-hydrogen) atoms. The van der Waals surface area contributed by atoms with Gasteiger partial charge >= 0.3 is 0 Å². The lowest BCUT2D eigenvalue weighted by Gasteiger charge is -2.40. The highest BCUT2D eigenvalue weighted by molar-refractivity contribution is 5.87. The van der Waals surface area contributed by atoms with E-state index in [9.17, 15) is 20.1 Å². The van der Waals surface area contributed by atoms with Crippen LogP contribution in [-0.4, -0.2) is 63.6 Å². The summed E-state index contributed by atoms with van der Waals surface area (Å²) in [5.41, 5.74) is 0. The van der Waals surface area contributed by atoms with Crippen LogP contribution >= 0.6 is 0 Å². The maximum absolute atomic E-state index is 11.3. The van der Waals surface area contributed by atoms with E-state index in [2.05, 4.69) is 5.32 Å². The first-order valence-electron chi connectivity index (χ1n) is 5.25. The summed E-state index contributed by atoms with van der Waals surface area (Å²) in [6.07, 6.45) is -2.65. The monoisotopic (exact) mass is 247 g/mol. The molecule has 0 radical (unpaired) electrons. The number of amides is 1. The largest absolute Gasteiger partial charge is 0.394 e. The molecule has 7 heteroatoms. The van der Waals surface area contributed by atoms with Gasteiger partial charge in [0.1, 0.15) is 24.4 Å². The lowest BCUT2D eigenvalue weighted by molar-refractivity contribution is -0.253. The van der Waals surface area contributed by atoms with E-state index in [1.165, 1.54) is 12.2 Å². The summed E-state index contributed by atoms with van der Waals surface area (Å²) < 4.78 is 4.87. The van der Waals surface area contributed by atoms with Crippen molar-refractivity contribution in [3.63, 3.8) is 0 Å². The molecule has 0 bridgehead atoms. The number of ether oxygens (including phenoxy) is 1. The minimum atomic E-state index is -1.49. The number of hydrogen-bond acceptors (Lipinski definition) is 6. The van der Waals surface area contributed by atoms with Crippen molar-refractivity contribution in [2.45, 2.75) is 37.6 Å². The van der Waals surface area contributed by atoms with E-state index in [0.29, 0.717) is 0 Å². The van der Waals surface area contributed by atoms with E-state index in [0.717, 1.165) is 0 Å². The van der Waals surface area contributed by atoms with Crippen molar-refractivity contribution in [2.75, 3.05) is 6.61 Å².